The normalized spacial score (nSPS) is 10.0. The molecule has 0 atom stereocenters. The van der Waals surface area contributed by atoms with E-state index in [4.69, 9.17) is 4.84 Å². The molecule has 0 saturated heterocycles. The Balaban J connectivity index is 2.19. The number of rotatable bonds is 3. The number of benzene rings is 1. The van der Waals surface area contributed by atoms with E-state index in [2.05, 4.69) is 0 Å². The van der Waals surface area contributed by atoms with E-state index in [9.17, 15) is 19.8 Å². The average Bonchev–Trinajstić information content (AvgIpc) is 2.70. The lowest BCUT2D eigenvalue weighted by Gasteiger charge is -2.06. The molecule has 0 spiro atoms. The van der Waals surface area contributed by atoms with Gasteiger partial charge in [0.2, 0.25) is 11.8 Å². The maximum Gasteiger partial charge on any atom is 0.363 e. The van der Waals surface area contributed by atoms with Gasteiger partial charge in [0.05, 0.1) is 5.56 Å². The molecule has 2 rings (SSSR count). The minimum atomic E-state index is -0.769. The molecule has 0 fully saturated rings. The first-order chi connectivity index (χ1) is 8.61. The van der Waals surface area contributed by atoms with Crippen LogP contribution in [-0.4, -0.2) is 27.2 Å². The Hall–Kier alpha value is -2.76. The molecule has 18 heavy (non-hydrogen) atoms. The van der Waals surface area contributed by atoms with Gasteiger partial charge in [-0.15, -0.1) is 4.73 Å². The van der Waals surface area contributed by atoms with E-state index in [-0.39, 0.29) is 5.56 Å². The van der Waals surface area contributed by atoms with Gasteiger partial charge in [0, 0.05) is 17.7 Å². The van der Waals surface area contributed by atoms with Crippen LogP contribution in [0.15, 0.2) is 36.4 Å². The molecule has 0 unspecified atom stereocenters. The molecule has 0 aliphatic heterocycles. The molecule has 6 heteroatoms. The fourth-order valence-corrected chi connectivity index (χ4v) is 1.33. The standard InChI is InChI=1S/C12H9NO5/c14-7-8-1-3-9(4-2-8)12(17)18-13-10(15)5-6-11(13)16/h1-7,15-16H. The van der Waals surface area contributed by atoms with Crippen molar-refractivity contribution >= 4 is 12.3 Å². The maximum atomic E-state index is 11.7. The van der Waals surface area contributed by atoms with Crippen molar-refractivity contribution in [1.82, 2.24) is 4.73 Å². The number of carbonyl (C=O) groups excluding carboxylic acids is 2. The monoisotopic (exact) mass is 247 g/mol. The molecule has 6 nitrogen and oxygen atoms in total. The van der Waals surface area contributed by atoms with Gasteiger partial charge >= 0.3 is 5.97 Å². The highest BCUT2D eigenvalue weighted by atomic mass is 16.7. The number of aromatic nitrogens is 1. The number of hydrogen-bond acceptors (Lipinski definition) is 5. The summed E-state index contributed by atoms with van der Waals surface area (Å²) >= 11 is 0. The smallest absolute Gasteiger partial charge is 0.363 e. The maximum absolute atomic E-state index is 11.7. The molecule has 0 amide bonds. The van der Waals surface area contributed by atoms with Crippen molar-refractivity contribution in [3.8, 4) is 11.8 Å². The summed E-state index contributed by atoms with van der Waals surface area (Å²) < 4.78 is 0.593. The van der Waals surface area contributed by atoms with Gasteiger partial charge in [-0.3, -0.25) is 4.79 Å². The van der Waals surface area contributed by atoms with Gasteiger partial charge in [0.1, 0.15) is 6.29 Å². The predicted octanol–water partition coefficient (Wildman–Crippen LogP) is 0.981. The highest BCUT2D eigenvalue weighted by Crippen LogP contribution is 2.19. The summed E-state index contributed by atoms with van der Waals surface area (Å²) in [7, 11) is 0. The van der Waals surface area contributed by atoms with Crippen molar-refractivity contribution in [3.63, 3.8) is 0 Å². The highest BCUT2D eigenvalue weighted by Gasteiger charge is 2.13. The second-order valence-corrected chi connectivity index (χ2v) is 3.46. The van der Waals surface area contributed by atoms with Crippen LogP contribution in [0.5, 0.6) is 11.8 Å². The van der Waals surface area contributed by atoms with Gasteiger partial charge in [-0.05, 0) is 12.1 Å². The fraction of sp³-hybridized carbons (Fsp3) is 0. The minimum absolute atomic E-state index is 0.188. The Labute approximate surface area is 102 Å². The molecule has 0 bridgehead atoms. The molecule has 0 aliphatic rings. The predicted molar refractivity (Wildman–Crippen MR) is 60.5 cm³/mol. The Kier molecular flexibility index (Phi) is 3.01. The molecular weight excluding hydrogens is 238 g/mol. The summed E-state index contributed by atoms with van der Waals surface area (Å²) in [4.78, 5) is 26.9. The van der Waals surface area contributed by atoms with Crippen molar-refractivity contribution in [1.29, 1.82) is 0 Å². The van der Waals surface area contributed by atoms with Crippen LogP contribution in [0.25, 0.3) is 0 Å². The van der Waals surface area contributed by atoms with Gasteiger partial charge in [-0.1, -0.05) is 12.1 Å². The number of aldehydes is 1. The van der Waals surface area contributed by atoms with E-state index in [1.54, 1.807) is 0 Å². The van der Waals surface area contributed by atoms with Crippen molar-refractivity contribution in [2.45, 2.75) is 0 Å². The third kappa shape index (κ3) is 2.17. The Bertz CT molecular complexity index is 566. The van der Waals surface area contributed by atoms with E-state index < -0.39 is 17.7 Å². The van der Waals surface area contributed by atoms with Crippen molar-refractivity contribution in [3.05, 3.63) is 47.5 Å². The second kappa shape index (κ2) is 4.62. The number of aromatic hydroxyl groups is 2. The zero-order chi connectivity index (χ0) is 13.1. The SMILES string of the molecule is O=Cc1ccc(C(=O)On2c(O)ccc2O)cc1. The molecule has 2 N–H and O–H groups in total. The van der Waals surface area contributed by atoms with Crippen LogP contribution in [0.1, 0.15) is 20.7 Å². The Morgan fingerprint density at radius 2 is 1.61 bits per heavy atom. The topological polar surface area (TPSA) is 88.8 Å². The van der Waals surface area contributed by atoms with Crippen molar-refractivity contribution < 1.29 is 24.6 Å². The van der Waals surface area contributed by atoms with Crippen LogP contribution in [0, 0.1) is 0 Å². The van der Waals surface area contributed by atoms with Crippen LogP contribution in [0.4, 0.5) is 0 Å². The van der Waals surface area contributed by atoms with Crippen LogP contribution in [-0.2, 0) is 0 Å². The summed E-state index contributed by atoms with van der Waals surface area (Å²) in [6, 6.07) is 8.08. The molecule has 2 aromatic rings. The van der Waals surface area contributed by atoms with Gasteiger partial charge in [0.25, 0.3) is 0 Å². The second-order valence-electron chi connectivity index (χ2n) is 3.46. The lowest BCUT2D eigenvalue weighted by molar-refractivity contribution is 0.0381. The summed E-state index contributed by atoms with van der Waals surface area (Å²) in [5.74, 6) is -1.56. The zero-order valence-electron chi connectivity index (χ0n) is 9.11. The molecule has 1 heterocycles. The first kappa shape index (κ1) is 11.7. The molecule has 0 aliphatic carbocycles. The molecule has 0 saturated carbocycles. The van der Waals surface area contributed by atoms with E-state index in [1.165, 1.54) is 36.4 Å². The summed E-state index contributed by atoms with van der Waals surface area (Å²) in [5.41, 5.74) is 0.617. The lowest BCUT2D eigenvalue weighted by atomic mass is 10.1. The fourth-order valence-electron chi connectivity index (χ4n) is 1.33. The van der Waals surface area contributed by atoms with Gasteiger partial charge in [0.15, 0.2) is 0 Å². The lowest BCUT2D eigenvalue weighted by Crippen LogP contribution is -2.19. The van der Waals surface area contributed by atoms with E-state index in [0.717, 1.165) is 0 Å². The minimum Gasteiger partial charge on any atom is -0.492 e. The average molecular weight is 247 g/mol. The summed E-state index contributed by atoms with van der Waals surface area (Å²) in [6.45, 7) is 0. The van der Waals surface area contributed by atoms with Gasteiger partial charge in [-0.25, -0.2) is 4.79 Å². The molecule has 92 valence electrons. The third-order valence-electron chi connectivity index (χ3n) is 2.25. The highest BCUT2D eigenvalue weighted by molar-refractivity contribution is 5.90. The van der Waals surface area contributed by atoms with Crippen LogP contribution >= 0.6 is 0 Å². The third-order valence-corrected chi connectivity index (χ3v) is 2.25. The van der Waals surface area contributed by atoms with E-state index in [0.29, 0.717) is 16.6 Å². The molecule has 0 radical (unpaired) electrons. The van der Waals surface area contributed by atoms with Crippen LogP contribution < -0.4 is 4.84 Å². The van der Waals surface area contributed by atoms with Gasteiger partial charge < -0.3 is 15.1 Å². The number of hydrogen-bond donors (Lipinski definition) is 2. The summed E-state index contributed by atoms with van der Waals surface area (Å²) in [5, 5.41) is 18.6. The van der Waals surface area contributed by atoms with Gasteiger partial charge in [-0.2, -0.15) is 0 Å². The number of nitrogens with zero attached hydrogens (tertiary/aromatic N) is 1. The Morgan fingerprint density at radius 3 is 2.11 bits per heavy atom. The van der Waals surface area contributed by atoms with Crippen LogP contribution in [0.3, 0.4) is 0 Å². The largest absolute Gasteiger partial charge is 0.492 e. The summed E-state index contributed by atoms with van der Waals surface area (Å²) in [6.07, 6.45) is 0.652. The van der Waals surface area contributed by atoms with Crippen molar-refractivity contribution in [2.24, 2.45) is 0 Å². The van der Waals surface area contributed by atoms with Crippen molar-refractivity contribution in [2.75, 3.05) is 0 Å². The molecule has 1 aromatic carbocycles. The van der Waals surface area contributed by atoms with E-state index in [1.807, 2.05) is 0 Å². The van der Waals surface area contributed by atoms with E-state index >= 15 is 0 Å². The molecule has 1 aromatic heterocycles. The van der Waals surface area contributed by atoms with Crippen LogP contribution in [0.2, 0.25) is 0 Å². The first-order valence-corrected chi connectivity index (χ1v) is 4.99. The zero-order valence-corrected chi connectivity index (χ0v) is 9.11. The first-order valence-electron chi connectivity index (χ1n) is 4.99. The number of carbonyl (C=O) groups is 2. The molecular formula is C12H9NO5. The quantitative estimate of drug-likeness (QED) is 0.789. The Morgan fingerprint density at radius 1 is 1.06 bits per heavy atom.